The predicted molar refractivity (Wildman–Crippen MR) is 94.8 cm³/mol. The van der Waals surface area contributed by atoms with Crippen molar-refractivity contribution in [1.82, 2.24) is 5.32 Å². The average Bonchev–Trinajstić information content (AvgIpc) is 3.07. The third kappa shape index (κ3) is 5.25. The molecule has 0 bridgehead atoms. The fourth-order valence-electron chi connectivity index (χ4n) is 1.58. The molecule has 0 aromatic carbocycles. The number of ketones is 1. The molecule has 0 aliphatic rings. The Morgan fingerprint density at radius 3 is 2.57 bits per heavy atom. The van der Waals surface area contributed by atoms with Crippen LogP contribution in [0.25, 0.3) is 0 Å². The minimum Gasteiger partial charge on any atom is -0.351 e. The van der Waals surface area contributed by atoms with Crippen molar-refractivity contribution < 1.29 is 9.59 Å². The first-order valence-electron chi connectivity index (χ1n) is 6.27. The van der Waals surface area contributed by atoms with Gasteiger partial charge in [-0.05, 0) is 47.1 Å². The smallest absolute Gasteiger partial charge is 0.261 e. The quantitative estimate of drug-likeness (QED) is 0.548. The second kappa shape index (κ2) is 8.12. The lowest BCUT2D eigenvalue weighted by Crippen LogP contribution is -2.24. The van der Waals surface area contributed by atoms with Crippen molar-refractivity contribution in [3.05, 3.63) is 42.7 Å². The largest absolute Gasteiger partial charge is 0.351 e. The summed E-state index contributed by atoms with van der Waals surface area (Å²) in [5.41, 5.74) is 0. The Hall–Kier alpha value is -0.630. The van der Waals surface area contributed by atoms with Gasteiger partial charge >= 0.3 is 0 Å². The highest BCUT2D eigenvalue weighted by Gasteiger charge is 2.10. The first-order chi connectivity index (χ1) is 10.1. The monoisotopic (exact) mass is 403 g/mol. The van der Waals surface area contributed by atoms with E-state index in [0.29, 0.717) is 16.3 Å². The van der Waals surface area contributed by atoms with E-state index in [1.807, 2.05) is 6.07 Å². The van der Waals surface area contributed by atoms with Crippen molar-refractivity contribution in [2.24, 2.45) is 0 Å². The number of carbonyl (C=O) groups is 2. The number of thioether (sulfide) groups is 1. The molecule has 0 fully saturated rings. The molecule has 2 aromatic rings. The second-order valence-electron chi connectivity index (χ2n) is 4.23. The summed E-state index contributed by atoms with van der Waals surface area (Å²) in [6, 6.07) is 7.55. The van der Waals surface area contributed by atoms with E-state index in [4.69, 9.17) is 0 Å². The highest BCUT2D eigenvalue weighted by atomic mass is 79.9. The van der Waals surface area contributed by atoms with Crippen LogP contribution >= 0.6 is 50.4 Å². The van der Waals surface area contributed by atoms with Gasteiger partial charge in [0.1, 0.15) is 0 Å². The third-order valence-electron chi connectivity index (χ3n) is 2.58. The molecule has 0 spiro atoms. The Labute approximate surface area is 144 Å². The van der Waals surface area contributed by atoms with Crippen LogP contribution in [-0.4, -0.2) is 24.0 Å². The molecule has 0 radical (unpaired) electrons. The van der Waals surface area contributed by atoms with Crippen LogP contribution in [0.5, 0.6) is 0 Å². The van der Waals surface area contributed by atoms with Crippen LogP contribution in [0.4, 0.5) is 0 Å². The molecular weight excluding hydrogens is 390 g/mol. The van der Waals surface area contributed by atoms with Crippen molar-refractivity contribution in [2.75, 3.05) is 12.3 Å². The lowest BCUT2D eigenvalue weighted by molar-refractivity contribution is 0.0959. The van der Waals surface area contributed by atoms with E-state index >= 15 is 0 Å². The molecule has 0 aliphatic heterocycles. The van der Waals surface area contributed by atoms with Gasteiger partial charge in [0, 0.05) is 22.9 Å². The van der Waals surface area contributed by atoms with E-state index in [9.17, 15) is 9.59 Å². The van der Waals surface area contributed by atoms with Crippen molar-refractivity contribution in [3.63, 3.8) is 0 Å². The topological polar surface area (TPSA) is 46.2 Å². The maximum Gasteiger partial charge on any atom is 0.261 e. The molecule has 21 heavy (non-hydrogen) atoms. The lowest BCUT2D eigenvalue weighted by Gasteiger charge is -2.03. The van der Waals surface area contributed by atoms with Gasteiger partial charge in [0.05, 0.1) is 13.5 Å². The summed E-state index contributed by atoms with van der Waals surface area (Å²) in [6.07, 6.45) is 0. The Kier molecular flexibility index (Phi) is 6.47. The zero-order valence-corrected chi connectivity index (χ0v) is 15.4. The van der Waals surface area contributed by atoms with Gasteiger partial charge in [-0.2, -0.15) is 11.8 Å². The Morgan fingerprint density at radius 2 is 1.95 bits per heavy atom. The lowest BCUT2D eigenvalue weighted by atomic mass is 10.3. The number of halogens is 1. The van der Waals surface area contributed by atoms with Gasteiger partial charge in [-0.25, -0.2) is 0 Å². The van der Waals surface area contributed by atoms with Crippen LogP contribution in [0.2, 0.25) is 0 Å². The van der Waals surface area contributed by atoms with Gasteiger partial charge in [0.15, 0.2) is 5.78 Å². The summed E-state index contributed by atoms with van der Waals surface area (Å²) < 4.78 is 1.14. The Morgan fingerprint density at radius 1 is 1.19 bits per heavy atom. The maximum absolute atomic E-state index is 11.9. The maximum atomic E-state index is 11.9. The third-order valence-corrected chi connectivity index (χ3v) is 6.58. The summed E-state index contributed by atoms with van der Waals surface area (Å²) in [5, 5.41) is 2.88. The molecular formula is C14H14BrNO2S3. The summed E-state index contributed by atoms with van der Waals surface area (Å²) >= 11 is 8.21. The van der Waals surface area contributed by atoms with Crippen molar-refractivity contribution in [1.29, 1.82) is 0 Å². The standard InChI is InChI=1S/C14H14BrNO2S3/c1-9(17)11-3-4-12(21-11)14(18)16-6-7-19-8-10-2-5-13(15)20-10/h2-5H,6-8H2,1H3,(H,16,18). The number of Topliss-reactive ketones (excluding diaryl/α,β-unsaturated/α-hetero) is 1. The summed E-state index contributed by atoms with van der Waals surface area (Å²) in [4.78, 5) is 25.6. The number of thiophene rings is 2. The Bertz CT molecular complexity index is 636. The molecule has 3 nitrogen and oxygen atoms in total. The summed E-state index contributed by atoms with van der Waals surface area (Å²) in [6.45, 7) is 2.14. The zero-order valence-electron chi connectivity index (χ0n) is 11.3. The second-order valence-corrected chi connectivity index (χ2v) is 8.97. The van der Waals surface area contributed by atoms with Crippen LogP contribution in [0.3, 0.4) is 0 Å². The molecule has 0 aliphatic carbocycles. The van der Waals surface area contributed by atoms with Crippen LogP contribution in [-0.2, 0) is 5.75 Å². The van der Waals surface area contributed by atoms with Gasteiger partial charge in [0.2, 0.25) is 0 Å². The fraction of sp³-hybridized carbons (Fsp3) is 0.286. The van der Waals surface area contributed by atoms with Crippen molar-refractivity contribution in [3.8, 4) is 0 Å². The highest BCUT2D eigenvalue weighted by molar-refractivity contribution is 9.11. The van der Waals surface area contributed by atoms with Crippen LogP contribution in [0, 0.1) is 0 Å². The van der Waals surface area contributed by atoms with Gasteiger partial charge < -0.3 is 5.32 Å². The van der Waals surface area contributed by atoms with Gasteiger partial charge in [-0.3, -0.25) is 9.59 Å². The van der Waals surface area contributed by atoms with Crippen LogP contribution in [0.15, 0.2) is 28.1 Å². The van der Waals surface area contributed by atoms with Gasteiger partial charge in [0.25, 0.3) is 5.91 Å². The van der Waals surface area contributed by atoms with E-state index in [1.54, 1.807) is 35.2 Å². The van der Waals surface area contributed by atoms with Crippen LogP contribution in [0.1, 0.15) is 31.1 Å². The summed E-state index contributed by atoms with van der Waals surface area (Å²) in [7, 11) is 0. The minimum atomic E-state index is -0.105. The number of hydrogen-bond acceptors (Lipinski definition) is 5. The van der Waals surface area contributed by atoms with Crippen molar-refractivity contribution in [2.45, 2.75) is 12.7 Å². The molecule has 1 N–H and O–H groups in total. The first-order valence-corrected chi connectivity index (χ1v) is 9.85. The summed E-state index contributed by atoms with van der Waals surface area (Å²) in [5.74, 6) is 1.72. The molecule has 0 saturated heterocycles. The predicted octanol–water partition coefficient (Wildman–Crippen LogP) is 4.44. The minimum absolute atomic E-state index is 0.00304. The van der Waals surface area contributed by atoms with E-state index < -0.39 is 0 Å². The number of nitrogens with one attached hydrogen (secondary N) is 1. The molecule has 1 amide bonds. The molecule has 112 valence electrons. The number of rotatable bonds is 7. The first kappa shape index (κ1) is 16.7. The van der Waals surface area contributed by atoms with E-state index in [0.717, 1.165) is 15.3 Å². The molecule has 2 aromatic heterocycles. The van der Waals surface area contributed by atoms with Gasteiger partial charge in [-0.15, -0.1) is 22.7 Å². The molecule has 2 rings (SSSR count). The number of carbonyl (C=O) groups excluding carboxylic acids is 2. The van der Waals surface area contributed by atoms with E-state index in [2.05, 4.69) is 27.3 Å². The van der Waals surface area contributed by atoms with Crippen molar-refractivity contribution >= 4 is 62.1 Å². The molecule has 0 unspecified atom stereocenters. The van der Waals surface area contributed by atoms with Crippen LogP contribution < -0.4 is 5.32 Å². The normalized spacial score (nSPS) is 10.6. The molecule has 2 heterocycles. The Balaban J connectivity index is 1.68. The SMILES string of the molecule is CC(=O)c1ccc(C(=O)NCCSCc2ccc(Br)s2)s1. The molecule has 7 heteroatoms. The average molecular weight is 404 g/mol. The molecule has 0 atom stereocenters. The van der Waals surface area contributed by atoms with Gasteiger partial charge in [-0.1, -0.05) is 0 Å². The fourth-order valence-corrected chi connectivity index (χ4v) is 4.85. The zero-order chi connectivity index (χ0) is 15.2. The van der Waals surface area contributed by atoms with E-state index in [-0.39, 0.29) is 11.7 Å². The molecule has 0 saturated carbocycles. The number of hydrogen-bond donors (Lipinski definition) is 1. The van der Waals surface area contributed by atoms with E-state index in [1.165, 1.54) is 23.1 Å². The highest BCUT2D eigenvalue weighted by Crippen LogP contribution is 2.25. The number of amides is 1.